The monoisotopic (exact) mass is 250 g/mol. The smallest absolute Gasteiger partial charge is 0.316 e. The summed E-state index contributed by atoms with van der Waals surface area (Å²) < 4.78 is 10.9. The topological polar surface area (TPSA) is 35.5 Å². The summed E-state index contributed by atoms with van der Waals surface area (Å²) >= 11 is 0. The Morgan fingerprint density at radius 3 is 2.44 bits per heavy atom. The van der Waals surface area contributed by atoms with Crippen molar-refractivity contribution >= 4 is 5.97 Å². The zero-order valence-corrected chi connectivity index (χ0v) is 11.8. The Bertz CT molecular complexity index is 408. The van der Waals surface area contributed by atoms with Gasteiger partial charge < -0.3 is 9.47 Å². The molecular weight excluding hydrogens is 228 g/mol. The van der Waals surface area contributed by atoms with Crippen LogP contribution in [0.15, 0.2) is 24.3 Å². The van der Waals surface area contributed by atoms with Crippen LogP contribution >= 0.6 is 0 Å². The number of carbonyl (C=O) groups is 1. The Morgan fingerprint density at radius 1 is 1.28 bits per heavy atom. The fourth-order valence-corrected chi connectivity index (χ4v) is 1.76. The summed E-state index contributed by atoms with van der Waals surface area (Å²) in [6, 6.07) is 7.61. The number of hydrogen-bond acceptors (Lipinski definition) is 3. The van der Waals surface area contributed by atoms with Crippen LogP contribution in [0.3, 0.4) is 0 Å². The molecule has 0 heterocycles. The third kappa shape index (κ3) is 3.25. The Kier molecular flexibility index (Phi) is 4.76. The number of rotatable bonds is 5. The van der Waals surface area contributed by atoms with Gasteiger partial charge in [0.2, 0.25) is 0 Å². The molecule has 1 aromatic carbocycles. The maximum Gasteiger partial charge on any atom is 0.316 e. The van der Waals surface area contributed by atoms with E-state index >= 15 is 0 Å². The maximum atomic E-state index is 12.0. The van der Waals surface area contributed by atoms with Gasteiger partial charge in [0.15, 0.2) is 0 Å². The standard InChI is InChI=1S/C15H22O3/c1-6-17-14(16)15(4,5)12-9-7-8-10-13(12)18-11(2)3/h7-11H,6H2,1-5H3. The van der Waals surface area contributed by atoms with E-state index in [-0.39, 0.29) is 12.1 Å². The molecule has 0 saturated carbocycles. The number of ether oxygens (including phenoxy) is 2. The second kappa shape index (κ2) is 5.89. The number of para-hydroxylation sites is 1. The van der Waals surface area contributed by atoms with E-state index in [0.717, 1.165) is 11.3 Å². The van der Waals surface area contributed by atoms with Crippen LogP contribution in [0.2, 0.25) is 0 Å². The second-order valence-corrected chi connectivity index (χ2v) is 5.01. The zero-order valence-electron chi connectivity index (χ0n) is 11.8. The average Bonchev–Trinajstić information content (AvgIpc) is 2.29. The minimum absolute atomic E-state index is 0.0733. The second-order valence-electron chi connectivity index (χ2n) is 5.01. The highest BCUT2D eigenvalue weighted by molar-refractivity contribution is 5.83. The maximum absolute atomic E-state index is 12.0. The molecule has 0 saturated heterocycles. The van der Waals surface area contributed by atoms with Crippen LogP contribution in [0.1, 0.15) is 40.2 Å². The minimum atomic E-state index is -0.707. The molecule has 0 aromatic heterocycles. The predicted octanol–water partition coefficient (Wildman–Crippen LogP) is 3.31. The predicted molar refractivity (Wildman–Crippen MR) is 71.9 cm³/mol. The van der Waals surface area contributed by atoms with Gasteiger partial charge in [-0.05, 0) is 40.7 Å². The van der Waals surface area contributed by atoms with Crippen molar-refractivity contribution in [3.63, 3.8) is 0 Å². The van der Waals surface area contributed by atoms with Crippen LogP contribution in [0.4, 0.5) is 0 Å². The summed E-state index contributed by atoms with van der Waals surface area (Å²) in [6.07, 6.45) is 0.0733. The molecule has 1 aromatic rings. The van der Waals surface area contributed by atoms with Gasteiger partial charge in [0, 0.05) is 5.56 Å². The highest BCUT2D eigenvalue weighted by atomic mass is 16.5. The van der Waals surface area contributed by atoms with Gasteiger partial charge in [0.1, 0.15) is 5.75 Å². The lowest BCUT2D eigenvalue weighted by Gasteiger charge is -2.26. The van der Waals surface area contributed by atoms with Crippen LogP contribution < -0.4 is 4.74 Å². The first-order valence-corrected chi connectivity index (χ1v) is 6.33. The Morgan fingerprint density at radius 2 is 1.89 bits per heavy atom. The average molecular weight is 250 g/mol. The van der Waals surface area contributed by atoms with Crippen LogP contribution in [0.5, 0.6) is 5.75 Å². The number of carbonyl (C=O) groups excluding carboxylic acids is 1. The molecular formula is C15H22O3. The van der Waals surface area contributed by atoms with Gasteiger partial charge in [-0.1, -0.05) is 18.2 Å². The van der Waals surface area contributed by atoms with Crippen molar-refractivity contribution in [2.75, 3.05) is 6.61 Å². The van der Waals surface area contributed by atoms with Crippen molar-refractivity contribution in [1.29, 1.82) is 0 Å². The number of benzene rings is 1. The summed E-state index contributed by atoms with van der Waals surface area (Å²) in [5, 5.41) is 0. The molecule has 0 aliphatic rings. The lowest BCUT2D eigenvalue weighted by atomic mass is 9.84. The Hall–Kier alpha value is -1.51. The molecule has 0 unspecified atom stereocenters. The molecule has 0 aliphatic carbocycles. The highest BCUT2D eigenvalue weighted by Crippen LogP contribution is 2.33. The van der Waals surface area contributed by atoms with Gasteiger partial charge in [-0.3, -0.25) is 4.79 Å². The molecule has 0 atom stereocenters. The van der Waals surface area contributed by atoms with Gasteiger partial charge in [0.25, 0.3) is 0 Å². The summed E-state index contributed by atoms with van der Waals surface area (Å²) in [5.74, 6) is 0.510. The summed E-state index contributed by atoms with van der Waals surface area (Å²) in [7, 11) is 0. The molecule has 100 valence electrons. The molecule has 0 bridgehead atoms. The number of hydrogen-bond donors (Lipinski definition) is 0. The fourth-order valence-electron chi connectivity index (χ4n) is 1.76. The summed E-state index contributed by atoms with van der Waals surface area (Å²) in [5.41, 5.74) is 0.152. The van der Waals surface area contributed by atoms with E-state index < -0.39 is 5.41 Å². The van der Waals surface area contributed by atoms with Crippen molar-refractivity contribution in [3.05, 3.63) is 29.8 Å². The van der Waals surface area contributed by atoms with Gasteiger partial charge in [-0.15, -0.1) is 0 Å². The third-order valence-electron chi connectivity index (χ3n) is 2.71. The Balaban J connectivity index is 3.10. The van der Waals surface area contributed by atoms with Crippen molar-refractivity contribution in [1.82, 2.24) is 0 Å². The van der Waals surface area contributed by atoms with E-state index in [1.807, 2.05) is 58.9 Å². The van der Waals surface area contributed by atoms with E-state index in [2.05, 4.69) is 0 Å². The van der Waals surface area contributed by atoms with Crippen LogP contribution in [-0.4, -0.2) is 18.7 Å². The van der Waals surface area contributed by atoms with Crippen molar-refractivity contribution in [3.8, 4) is 5.75 Å². The number of esters is 1. The third-order valence-corrected chi connectivity index (χ3v) is 2.71. The van der Waals surface area contributed by atoms with Gasteiger partial charge >= 0.3 is 5.97 Å². The van der Waals surface area contributed by atoms with Crippen molar-refractivity contribution in [2.24, 2.45) is 0 Å². The van der Waals surface area contributed by atoms with E-state index in [1.165, 1.54) is 0 Å². The summed E-state index contributed by atoms with van der Waals surface area (Å²) in [4.78, 5) is 12.0. The molecule has 3 nitrogen and oxygen atoms in total. The molecule has 0 spiro atoms. The van der Waals surface area contributed by atoms with E-state index in [9.17, 15) is 4.79 Å². The molecule has 0 N–H and O–H groups in total. The van der Waals surface area contributed by atoms with Crippen molar-refractivity contribution in [2.45, 2.75) is 46.1 Å². The zero-order chi connectivity index (χ0) is 13.8. The minimum Gasteiger partial charge on any atom is -0.491 e. The molecule has 0 aliphatic heterocycles. The quantitative estimate of drug-likeness (QED) is 0.752. The molecule has 0 radical (unpaired) electrons. The SMILES string of the molecule is CCOC(=O)C(C)(C)c1ccccc1OC(C)C. The van der Waals surface area contributed by atoms with Crippen LogP contribution in [0, 0.1) is 0 Å². The first-order chi connectivity index (χ1) is 8.39. The van der Waals surface area contributed by atoms with Crippen LogP contribution in [-0.2, 0) is 14.9 Å². The van der Waals surface area contributed by atoms with E-state index in [0.29, 0.717) is 6.61 Å². The largest absolute Gasteiger partial charge is 0.491 e. The van der Waals surface area contributed by atoms with Gasteiger partial charge in [-0.25, -0.2) is 0 Å². The van der Waals surface area contributed by atoms with Crippen molar-refractivity contribution < 1.29 is 14.3 Å². The molecule has 3 heteroatoms. The molecule has 0 amide bonds. The van der Waals surface area contributed by atoms with E-state index in [4.69, 9.17) is 9.47 Å². The lowest BCUT2D eigenvalue weighted by Crippen LogP contribution is -2.32. The Labute approximate surface area is 109 Å². The molecule has 1 rings (SSSR count). The molecule has 0 fully saturated rings. The fraction of sp³-hybridized carbons (Fsp3) is 0.533. The van der Waals surface area contributed by atoms with Gasteiger partial charge in [-0.2, -0.15) is 0 Å². The highest BCUT2D eigenvalue weighted by Gasteiger charge is 2.34. The molecule has 18 heavy (non-hydrogen) atoms. The lowest BCUT2D eigenvalue weighted by molar-refractivity contribution is -0.148. The first kappa shape index (κ1) is 14.6. The normalized spacial score (nSPS) is 11.4. The van der Waals surface area contributed by atoms with E-state index in [1.54, 1.807) is 0 Å². The summed E-state index contributed by atoms with van der Waals surface area (Å²) in [6.45, 7) is 9.84. The first-order valence-electron chi connectivity index (χ1n) is 6.33. The van der Waals surface area contributed by atoms with Gasteiger partial charge in [0.05, 0.1) is 18.1 Å². The van der Waals surface area contributed by atoms with Crippen LogP contribution in [0.25, 0.3) is 0 Å².